The first-order valence-corrected chi connectivity index (χ1v) is 8.73. The van der Waals surface area contributed by atoms with Gasteiger partial charge in [-0.05, 0) is 47.5 Å². The maximum absolute atomic E-state index is 12.0. The van der Waals surface area contributed by atoms with Crippen LogP contribution < -0.4 is 16.4 Å². The molecule has 0 saturated carbocycles. The Morgan fingerprint density at radius 2 is 1.96 bits per heavy atom. The number of likely N-dealkylation sites (tertiary alicyclic amines) is 1. The van der Waals surface area contributed by atoms with Crippen LogP contribution in [0, 0.1) is 0 Å². The van der Waals surface area contributed by atoms with Gasteiger partial charge in [-0.1, -0.05) is 12.2 Å². The molecule has 7 nitrogen and oxygen atoms in total. The summed E-state index contributed by atoms with van der Waals surface area (Å²) in [6.07, 6.45) is 1.28. The van der Waals surface area contributed by atoms with E-state index in [0.29, 0.717) is 17.4 Å². The highest BCUT2D eigenvalue weighted by Gasteiger charge is 2.41. The van der Waals surface area contributed by atoms with Gasteiger partial charge >= 0.3 is 6.09 Å². The summed E-state index contributed by atoms with van der Waals surface area (Å²) in [6.45, 7) is 12.0. The molecule has 24 heavy (non-hydrogen) atoms. The minimum atomic E-state index is -0.493. The second-order valence-electron chi connectivity index (χ2n) is 8.07. The van der Waals surface area contributed by atoms with Crippen LogP contribution in [-0.2, 0) is 4.74 Å². The van der Waals surface area contributed by atoms with Gasteiger partial charge < -0.3 is 21.1 Å². The van der Waals surface area contributed by atoms with Gasteiger partial charge in [0, 0.05) is 18.6 Å². The van der Waals surface area contributed by atoms with E-state index in [1.807, 2.05) is 20.8 Å². The van der Waals surface area contributed by atoms with Crippen molar-refractivity contribution in [3.05, 3.63) is 0 Å². The summed E-state index contributed by atoms with van der Waals surface area (Å²) in [5, 5.41) is 6.16. The number of carbonyl (C=O) groups is 1. The average Bonchev–Trinajstić information content (AvgIpc) is 2.41. The number of alkyl carbamates (subject to hydrolysis) is 1. The lowest BCUT2D eigenvalue weighted by Crippen LogP contribution is -2.63. The largest absolute Gasteiger partial charge is 0.444 e. The van der Waals surface area contributed by atoms with E-state index in [9.17, 15) is 4.79 Å². The summed E-state index contributed by atoms with van der Waals surface area (Å²) < 4.78 is 5.37. The van der Waals surface area contributed by atoms with E-state index in [2.05, 4.69) is 34.4 Å². The zero-order valence-corrected chi connectivity index (χ0v) is 16.0. The molecule has 2 heterocycles. The van der Waals surface area contributed by atoms with Crippen LogP contribution in [-0.4, -0.2) is 58.3 Å². The number of nitrogens with zero attached hydrogens (tertiary/aromatic N) is 2. The molecule has 1 atom stereocenters. The van der Waals surface area contributed by atoms with Crippen LogP contribution in [0.1, 0.15) is 47.5 Å². The minimum absolute atomic E-state index is 0.276. The molecule has 0 aromatic carbocycles. The van der Waals surface area contributed by atoms with Crippen LogP contribution in [0.5, 0.6) is 0 Å². The van der Waals surface area contributed by atoms with Crippen molar-refractivity contribution in [2.24, 2.45) is 10.7 Å². The molecular weight excluding hydrogens is 326 g/mol. The molecule has 4 N–H and O–H groups in total. The van der Waals surface area contributed by atoms with Crippen molar-refractivity contribution in [3.8, 4) is 0 Å². The predicted molar refractivity (Wildman–Crippen MR) is 99.2 cm³/mol. The van der Waals surface area contributed by atoms with Gasteiger partial charge in [-0.3, -0.25) is 4.90 Å². The van der Waals surface area contributed by atoms with Crippen LogP contribution >= 0.6 is 12.2 Å². The van der Waals surface area contributed by atoms with Crippen molar-refractivity contribution in [2.75, 3.05) is 19.6 Å². The molecule has 0 aromatic heterocycles. The maximum atomic E-state index is 12.0. The molecule has 8 heteroatoms. The highest BCUT2D eigenvalue weighted by molar-refractivity contribution is 7.82. The maximum Gasteiger partial charge on any atom is 0.408 e. The number of hydrogen-bond donors (Lipinski definition) is 3. The van der Waals surface area contributed by atoms with Crippen LogP contribution in [0.3, 0.4) is 0 Å². The smallest absolute Gasteiger partial charge is 0.408 e. The summed E-state index contributed by atoms with van der Waals surface area (Å²) in [5.74, 6) is 0.388. The summed E-state index contributed by atoms with van der Waals surface area (Å²) in [5.41, 5.74) is 4.71. The van der Waals surface area contributed by atoms with E-state index < -0.39 is 11.3 Å². The Morgan fingerprint density at radius 3 is 2.46 bits per heavy atom. The number of piperidine rings is 1. The third kappa shape index (κ3) is 4.57. The summed E-state index contributed by atoms with van der Waals surface area (Å²) in [4.78, 5) is 19.4. The van der Waals surface area contributed by atoms with Gasteiger partial charge in [0.15, 0.2) is 5.84 Å². The standard InChI is InChI=1S/C16H29N5O2S/c1-14(2,3)23-13(22)20-15(4)6-8-21(9-7-15)16(5)10-18-12(24)11(17)19-16/h6-10H2,1-5H3,(H2,17,19)(H,18,24)(H,20,22). The van der Waals surface area contributed by atoms with Gasteiger partial charge in [0.25, 0.3) is 0 Å². The number of ether oxygens (including phenoxy) is 1. The number of nitrogens with one attached hydrogen (secondary N) is 2. The summed E-state index contributed by atoms with van der Waals surface area (Å²) in [6, 6.07) is 0. The lowest BCUT2D eigenvalue weighted by molar-refractivity contribution is 0.0285. The monoisotopic (exact) mass is 355 g/mol. The summed E-state index contributed by atoms with van der Waals surface area (Å²) >= 11 is 5.11. The highest BCUT2D eigenvalue weighted by atomic mass is 32.1. The van der Waals surface area contributed by atoms with Gasteiger partial charge in [-0.25, -0.2) is 9.79 Å². The van der Waals surface area contributed by atoms with Crippen molar-refractivity contribution >= 4 is 29.1 Å². The average molecular weight is 356 g/mol. The Hall–Kier alpha value is -1.41. The molecule has 2 aliphatic heterocycles. The van der Waals surface area contributed by atoms with E-state index in [1.165, 1.54) is 0 Å². The van der Waals surface area contributed by atoms with E-state index in [0.717, 1.165) is 25.9 Å². The lowest BCUT2D eigenvalue weighted by atomic mass is 9.88. The van der Waals surface area contributed by atoms with Crippen LogP contribution in [0.2, 0.25) is 0 Å². The lowest BCUT2D eigenvalue weighted by Gasteiger charge is -2.47. The van der Waals surface area contributed by atoms with Crippen molar-refractivity contribution in [1.82, 2.24) is 15.5 Å². The second-order valence-corrected chi connectivity index (χ2v) is 8.48. The Morgan fingerprint density at radius 1 is 1.38 bits per heavy atom. The molecule has 0 spiro atoms. The molecule has 0 aliphatic carbocycles. The van der Waals surface area contributed by atoms with Gasteiger partial charge in [-0.2, -0.15) is 0 Å². The number of nitrogens with two attached hydrogens (primary N) is 1. The fourth-order valence-corrected chi connectivity index (χ4v) is 3.15. The fraction of sp³-hybridized carbons (Fsp3) is 0.812. The zero-order chi connectivity index (χ0) is 18.2. The molecule has 1 unspecified atom stereocenters. The molecule has 1 amide bonds. The van der Waals surface area contributed by atoms with Crippen LogP contribution in [0.15, 0.2) is 4.99 Å². The number of thiocarbonyl (C=S) groups is 1. The van der Waals surface area contributed by atoms with Crippen LogP contribution in [0.4, 0.5) is 4.79 Å². The fourth-order valence-electron chi connectivity index (χ4n) is 3.03. The third-order valence-corrected chi connectivity index (χ3v) is 4.88. The third-order valence-electron chi connectivity index (χ3n) is 4.53. The molecule has 1 fully saturated rings. The Kier molecular flexibility index (Phi) is 5.11. The van der Waals surface area contributed by atoms with Gasteiger partial charge in [0.05, 0.1) is 6.54 Å². The molecule has 0 aromatic rings. The normalized spacial score (nSPS) is 27.9. The highest BCUT2D eigenvalue weighted by Crippen LogP contribution is 2.29. The van der Waals surface area contributed by atoms with Crippen molar-refractivity contribution in [2.45, 2.75) is 64.3 Å². The van der Waals surface area contributed by atoms with Crippen molar-refractivity contribution < 1.29 is 9.53 Å². The Bertz CT molecular complexity index is 549. The number of hydrogen-bond acceptors (Lipinski definition) is 6. The van der Waals surface area contributed by atoms with Gasteiger partial charge in [0.1, 0.15) is 16.3 Å². The topological polar surface area (TPSA) is 92.0 Å². The Labute approximate surface area is 149 Å². The molecular formula is C16H29N5O2S. The SMILES string of the molecule is CC1(NC(=O)OC(C)(C)C)CCN(C2(C)CNC(=S)C(N)=N2)CC1. The number of amides is 1. The van der Waals surface area contributed by atoms with E-state index in [4.69, 9.17) is 22.7 Å². The quantitative estimate of drug-likeness (QED) is 0.648. The molecule has 0 bridgehead atoms. The van der Waals surface area contributed by atoms with Gasteiger partial charge in [0.2, 0.25) is 0 Å². The molecule has 0 radical (unpaired) electrons. The first kappa shape index (κ1) is 18.9. The predicted octanol–water partition coefficient (Wildman–Crippen LogP) is 1.37. The van der Waals surface area contributed by atoms with E-state index in [1.54, 1.807) is 0 Å². The minimum Gasteiger partial charge on any atom is -0.444 e. The van der Waals surface area contributed by atoms with E-state index in [-0.39, 0.29) is 11.6 Å². The zero-order valence-electron chi connectivity index (χ0n) is 15.2. The first-order chi connectivity index (χ1) is 10.9. The number of amidine groups is 1. The first-order valence-electron chi connectivity index (χ1n) is 8.32. The summed E-state index contributed by atoms with van der Waals surface area (Å²) in [7, 11) is 0. The molecule has 2 aliphatic rings. The van der Waals surface area contributed by atoms with Gasteiger partial charge in [-0.15, -0.1) is 0 Å². The van der Waals surface area contributed by atoms with Crippen molar-refractivity contribution in [3.63, 3.8) is 0 Å². The number of aliphatic imine (C=N–C) groups is 1. The molecule has 136 valence electrons. The van der Waals surface area contributed by atoms with Crippen LogP contribution in [0.25, 0.3) is 0 Å². The Balaban J connectivity index is 1.95. The second kappa shape index (κ2) is 6.48. The molecule has 2 rings (SSSR count). The number of carbonyl (C=O) groups excluding carboxylic acids is 1. The molecule has 1 saturated heterocycles. The number of rotatable bonds is 2. The van der Waals surface area contributed by atoms with Crippen molar-refractivity contribution in [1.29, 1.82) is 0 Å². The van der Waals surface area contributed by atoms with E-state index >= 15 is 0 Å².